The zero-order chi connectivity index (χ0) is 13.5. The van der Waals surface area contributed by atoms with Crippen LogP contribution in [0.3, 0.4) is 0 Å². The van der Waals surface area contributed by atoms with Crippen molar-refractivity contribution in [1.29, 1.82) is 0 Å². The molecule has 0 saturated heterocycles. The monoisotopic (exact) mass is 259 g/mol. The van der Waals surface area contributed by atoms with E-state index in [1.54, 1.807) is 0 Å². The Morgan fingerprint density at radius 1 is 1.50 bits per heavy atom. The number of nitrogens with one attached hydrogen (secondary N) is 1. The first-order chi connectivity index (χ1) is 8.34. The van der Waals surface area contributed by atoms with E-state index in [0.29, 0.717) is 0 Å². The molecule has 0 spiro atoms. The molecule has 4 nitrogen and oxygen atoms in total. The zero-order valence-electron chi connectivity index (χ0n) is 9.34. The van der Waals surface area contributed by atoms with Gasteiger partial charge in [0.05, 0.1) is 12.2 Å². The Bertz CT molecular complexity index is 504. The Morgan fingerprint density at radius 3 is 2.72 bits per heavy atom. The highest BCUT2D eigenvalue weighted by Crippen LogP contribution is 2.34. The first kappa shape index (κ1) is 12.9. The summed E-state index contributed by atoms with van der Waals surface area (Å²) in [5.41, 5.74) is -1.24. The third kappa shape index (κ3) is 2.09. The van der Waals surface area contributed by atoms with Crippen molar-refractivity contribution in [2.45, 2.75) is 12.8 Å². The van der Waals surface area contributed by atoms with E-state index in [-0.39, 0.29) is 23.2 Å². The van der Waals surface area contributed by atoms with Crippen molar-refractivity contribution >= 4 is 18.5 Å². The summed E-state index contributed by atoms with van der Waals surface area (Å²) in [4.78, 5) is 11.4. The predicted molar refractivity (Wildman–Crippen MR) is 57.2 cm³/mol. The average molecular weight is 259 g/mol. The fourth-order valence-electron chi connectivity index (χ4n) is 1.86. The second kappa shape index (κ2) is 4.29. The highest BCUT2D eigenvalue weighted by Gasteiger charge is 2.40. The van der Waals surface area contributed by atoms with E-state index in [1.807, 2.05) is 0 Å². The highest BCUT2D eigenvalue weighted by molar-refractivity contribution is 6.61. The maximum Gasteiger partial charge on any atom is 0.491 e. The lowest BCUT2D eigenvalue weighted by Crippen LogP contribution is -2.31. The molecule has 0 fully saturated rings. The third-order valence-electron chi connectivity index (χ3n) is 2.73. The highest BCUT2D eigenvalue weighted by atomic mass is 19.4. The Morgan fingerprint density at radius 2 is 2.17 bits per heavy atom. The smallest absolute Gasteiger partial charge is 0.423 e. The van der Waals surface area contributed by atoms with E-state index in [0.717, 1.165) is 6.07 Å². The van der Waals surface area contributed by atoms with Gasteiger partial charge in [0.2, 0.25) is 0 Å². The molecule has 1 aromatic rings. The van der Waals surface area contributed by atoms with Gasteiger partial charge >= 0.3 is 13.3 Å². The molecule has 0 bridgehead atoms. The van der Waals surface area contributed by atoms with Gasteiger partial charge in [0.25, 0.3) is 5.91 Å². The summed E-state index contributed by atoms with van der Waals surface area (Å²) in [5, 5.41) is 11.7. The van der Waals surface area contributed by atoms with Gasteiger partial charge in [-0.3, -0.25) is 4.79 Å². The molecule has 1 aliphatic heterocycles. The van der Waals surface area contributed by atoms with Crippen LogP contribution < -0.4 is 10.8 Å². The average Bonchev–Trinajstić information content (AvgIpc) is 2.68. The van der Waals surface area contributed by atoms with Gasteiger partial charge in [-0.25, -0.2) is 0 Å². The summed E-state index contributed by atoms with van der Waals surface area (Å²) in [6, 6.07) is 1.97. The predicted octanol–water partition coefficient (Wildman–Crippen LogP) is 0.283. The van der Waals surface area contributed by atoms with Gasteiger partial charge in [0.1, 0.15) is 0 Å². The van der Waals surface area contributed by atoms with Gasteiger partial charge in [-0.05, 0) is 23.2 Å². The van der Waals surface area contributed by atoms with Crippen LogP contribution in [0, 0.1) is 0 Å². The van der Waals surface area contributed by atoms with E-state index in [2.05, 4.69) is 5.32 Å². The van der Waals surface area contributed by atoms with Crippen LogP contribution >= 0.6 is 0 Å². The minimum atomic E-state index is -4.60. The molecule has 0 unspecified atom stereocenters. The maximum atomic E-state index is 12.8. The van der Waals surface area contributed by atoms with Crippen molar-refractivity contribution in [2.75, 3.05) is 7.05 Å². The van der Waals surface area contributed by atoms with Crippen LogP contribution in [0.2, 0.25) is 0 Å². The molecule has 0 aliphatic carbocycles. The minimum absolute atomic E-state index is 0.0107. The number of halogens is 3. The topological polar surface area (TPSA) is 58.6 Å². The molecule has 0 radical (unpaired) electrons. The van der Waals surface area contributed by atoms with E-state index >= 15 is 0 Å². The standard InChI is InChI=1S/C10H9BF3NO3/c1-15-9(16)5-2-7(10(12,13)14)6-4-18-11(17)8(6)3-5/h2-3,17H,4H2,1H3,(H,15,16). The van der Waals surface area contributed by atoms with Crippen molar-refractivity contribution in [3.63, 3.8) is 0 Å². The van der Waals surface area contributed by atoms with Gasteiger partial charge in [-0.1, -0.05) is 0 Å². The number of hydrogen-bond donors (Lipinski definition) is 2. The number of fused-ring (bicyclic) bond motifs is 1. The van der Waals surface area contributed by atoms with E-state index < -0.39 is 24.8 Å². The minimum Gasteiger partial charge on any atom is -0.423 e. The number of carbonyl (C=O) groups excluding carboxylic acids is 1. The number of hydrogen-bond acceptors (Lipinski definition) is 3. The van der Waals surface area contributed by atoms with Gasteiger partial charge in [-0.15, -0.1) is 0 Å². The third-order valence-corrected chi connectivity index (χ3v) is 2.73. The van der Waals surface area contributed by atoms with Crippen LogP contribution in [0.15, 0.2) is 12.1 Å². The molecule has 96 valence electrons. The molecule has 1 aliphatic rings. The van der Waals surface area contributed by atoms with Crippen LogP contribution in [-0.2, 0) is 17.4 Å². The SMILES string of the molecule is CNC(=O)c1cc2c(c(C(F)(F)F)c1)COB2O. The molecular weight excluding hydrogens is 250 g/mol. The molecule has 1 aromatic carbocycles. The van der Waals surface area contributed by atoms with Crippen molar-refractivity contribution in [3.05, 3.63) is 28.8 Å². The molecule has 18 heavy (non-hydrogen) atoms. The van der Waals surface area contributed by atoms with Crippen molar-refractivity contribution in [1.82, 2.24) is 5.32 Å². The maximum absolute atomic E-state index is 12.8. The van der Waals surface area contributed by atoms with Crippen LogP contribution in [0.5, 0.6) is 0 Å². The van der Waals surface area contributed by atoms with Crippen LogP contribution in [-0.4, -0.2) is 25.1 Å². The lowest BCUT2D eigenvalue weighted by molar-refractivity contribution is -0.138. The fourth-order valence-corrected chi connectivity index (χ4v) is 1.86. The lowest BCUT2D eigenvalue weighted by atomic mass is 9.77. The van der Waals surface area contributed by atoms with Crippen molar-refractivity contribution in [3.8, 4) is 0 Å². The van der Waals surface area contributed by atoms with Gasteiger partial charge in [0, 0.05) is 12.6 Å². The van der Waals surface area contributed by atoms with E-state index in [1.165, 1.54) is 13.1 Å². The molecule has 8 heteroatoms. The Kier molecular flexibility index (Phi) is 3.08. The molecule has 1 amide bonds. The van der Waals surface area contributed by atoms with Crippen molar-refractivity contribution in [2.24, 2.45) is 0 Å². The van der Waals surface area contributed by atoms with Gasteiger partial charge in [-0.2, -0.15) is 13.2 Å². The molecule has 2 N–H and O–H groups in total. The molecule has 0 aromatic heterocycles. The largest absolute Gasteiger partial charge is 0.491 e. The second-order valence-electron chi connectivity index (χ2n) is 3.83. The molecule has 0 atom stereocenters. The fraction of sp³-hybridized carbons (Fsp3) is 0.300. The summed E-state index contributed by atoms with van der Waals surface area (Å²) in [7, 11) is -0.110. The summed E-state index contributed by atoms with van der Waals surface area (Å²) in [5.74, 6) is -0.651. The normalized spacial score (nSPS) is 14.6. The molecular formula is C10H9BF3NO3. The molecule has 0 saturated carbocycles. The van der Waals surface area contributed by atoms with Crippen molar-refractivity contribution < 1.29 is 27.6 Å². The number of amides is 1. The number of rotatable bonds is 1. The summed E-state index contributed by atoms with van der Waals surface area (Å²) < 4.78 is 43.3. The second-order valence-corrected chi connectivity index (χ2v) is 3.83. The van der Waals surface area contributed by atoms with Crippen LogP contribution in [0.1, 0.15) is 21.5 Å². The Hall–Kier alpha value is -1.54. The number of alkyl halides is 3. The Balaban J connectivity index is 2.62. The molecule has 1 heterocycles. The van der Waals surface area contributed by atoms with E-state index in [4.69, 9.17) is 4.65 Å². The summed E-state index contributed by atoms with van der Waals surface area (Å²) in [6.07, 6.45) is -4.60. The van der Waals surface area contributed by atoms with Crippen LogP contribution in [0.4, 0.5) is 13.2 Å². The Labute approximate surface area is 101 Å². The summed E-state index contributed by atoms with van der Waals surface area (Å²) >= 11 is 0. The quantitative estimate of drug-likeness (QED) is 0.712. The first-order valence-corrected chi connectivity index (χ1v) is 5.10. The van der Waals surface area contributed by atoms with Crippen LogP contribution in [0.25, 0.3) is 0 Å². The van der Waals surface area contributed by atoms with Gasteiger partial charge < -0.3 is 15.0 Å². The summed E-state index contributed by atoms with van der Waals surface area (Å²) in [6.45, 7) is -0.320. The number of benzene rings is 1. The number of carbonyl (C=O) groups is 1. The van der Waals surface area contributed by atoms with Gasteiger partial charge in [0.15, 0.2) is 0 Å². The van der Waals surface area contributed by atoms with E-state index in [9.17, 15) is 23.0 Å². The lowest BCUT2D eigenvalue weighted by Gasteiger charge is -2.13. The zero-order valence-corrected chi connectivity index (χ0v) is 9.34. The first-order valence-electron chi connectivity index (χ1n) is 5.10. The molecule has 2 rings (SSSR count).